The van der Waals surface area contributed by atoms with Gasteiger partial charge in [-0.05, 0) is 24.8 Å². The summed E-state index contributed by atoms with van der Waals surface area (Å²) < 4.78 is 0. The zero-order chi connectivity index (χ0) is 14.6. The Morgan fingerprint density at radius 3 is 2.35 bits per heavy atom. The first kappa shape index (κ1) is 15.1. The number of hydrogen-bond acceptors (Lipinski definition) is 1. The van der Waals surface area contributed by atoms with E-state index in [1.165, 1.54) is 37.7 Å². The molecule has 2 nitrogen and oxygen atoms in total. The van der Waals surface area contributed by atoms with E-state index in [2.05, 4.69) is 26.0 Å². The number of benzene rings is 1. The monoisotopic (exact) mass is 273 g/mol. The van der Waals surface area contributed by atoms with Crippen molar-refractivity contribution in [3.05, 3.63) is 35.9 Å². The molecule has 0 spiro atoms. The molecule has 20 heavy (non-hydrogen) atoms. The summed E-state index contributed by atoms with van der Waals surface area (Å²) >= 11 is 0. The summed E-state index contributed by atoms with van der Waals surface area (Å²) in [7, 11) is 1.99. The van der Waals surface area contributed by atoms with E-state index in [0.717, 1.165) is 6.42 Å². The SMILES string of the molecule is CN(C(=O)C(C)(C)Cc1ccccc1)C1CCCCC1. The van der Waals surface area contributed by atoms with Gasteiger partial charge >= 0.3 is 0 Å². The molecule has 0 radical (unpaired) electrons. The number of hydrogen-bond donors (Lipinski definition) is 0. The predicted octanol–water partition coefficient (Wildman–Crippen LogP) is 4.05. The highest BCUT2D eigenvalue weighted by molar-refractivity contribution is 5.82. The maximum Gasteiger partial charge on any atom is 0.228 e. The topological polar surface area (TPSA) is 20.3 Å². The molecule has 2 heteroatoms. The van der Waals surface area contributed by atoms with Crippen LogP contribution >= 0.6 is 0 Å². The Labute approximate surface area is 123 Å². The molecule has 1 aromatic carbocycles. The highest BCUT2D eigenvalue weighted by atomic mass is 16.2. The van der Waals surface area contributed by atoms with Crippen LogP contribution < -0.4 is 0 Å². The van der Waals surface area contributed by atoms with Gasteiger partial charge in [0, 0.05) is 18.5 Å². The van der Waals surface area contributed by atoms with Crippen LogP contribution in [-0.2, 0) is 11.2 Å². The van der Waals surface area contributed by atoms with Crippen LogP contribution in [-0.4, -0.2) is 23.9 Å². The third-order valence-electron chi connectivity index (χ3n) is 4.51. The van der Waals surface area contributed by atoms with E-state index in [9.17, 15) is 4.79 Å². The van der Waals surface area contributed by atoms with Crippen molar-refractivity contribution in [2.75, 3.05) is 7.05 Å². The predicted molar refractivity (Wildman–Crippen MR) is 83.6 cm³/mol. The summed E-state index contributed by atoms with van der Waals surface area (Å²) in [6.07, 6.45) is 7.01. The second-order valence-electron chi connectivity index (χ2n) is 6.75. The second kappa shape index (κ2) is 6.43. The lowest BCUT2D eigenvalue weighted by Gasteiger charge is -2.36. The van der Waals surface area contributed by atoms with Crippen molar-refractivity contribution in [2.45, 2.75) is 58.4 Å². The van der Waals surface area contributed by atoms with Gasteiger partial charge in [0.1, 0.15) is 0 Å². The minimum Gasteiger partial charge on any atom is -0.342 e. The minimum atomic E-state index is -0.326. The smallest absolute Gasteiger partial charge is 0.228 e. The molecule has 1 saturated carbocycles. The Morgan fingerprint density at radius 2 is 1.75 bits per heavy atom. The minimum absolute atomic E-state index is 0.285. The third kappa shape index (κ3) is 3.62. The normalized spacial score (nSPS) is 16.9. The molecule has 0 atom stereocenters. The van der Waals surface area contributed by atoms with Gasteiger partial charge in [-0.2, -0.15) is 0 Å². The van der Waals surface area contributed by atoms with E-state index in [-0.39, 0.29) is 11.3 Å². The molecule has 0 bridgehead atoms. The molecule has 0 saturated heterocycles. The first-order valence-corrected chi connectivity index (χ1v) is 7.82. The molecule has 0 heterocycles. The molecular formula is C18H27NO. The van der Waals surface area contributed by atoms with E-state index in [4.69, 9.17) is 0 Å². The summed E-state index contributed by atoms with van der Waals surface area (Å²) in [6.45, 7) is 4.14. The average Bonchev–Trinajstić information content (AvgIpc) is 2.47. The van der Waals surface area contributed by atoms with Gasteiger partial charge in [0.15, 0.2) is 0 Å². The van der Waals surface area contributed by atoms with Crippen molar-refractivity contribution in [3.8, 4) is 0 Å². The van der Waals surface area contributed by atoms with Crippen LogP contribution in [0.3, 0.4) is 0 Å². The summed E-state index contributed by atoms with van der Waals surface area (Å²) in [5.41, 5.74) is 0.913. The molecule has 1 aliphatic carbocycles. The summed E-state index contributed by atoms with van der Waals surface area (Å²) in [5.74, 6) is 0.285. The molecule has 0 N–H and O–H groups in total. The fraction of sp³-hybridized carbons (Fsp3) is 0.611. The Bertz CT molecular complexity index is 432. The molecule has 1 aromatic rings. The van der Waals surface area contributed by atoms with Crippen molar-refractivity contribution < 1.29 is 4.79 Å². The Morgan fingerprint density at radius 1 is 1.15 bits per heavy atom. The maximum atomic E-state index is 12.8. The molecule has 1 fully saturated rings. The zero-order valence-corrected chi connectivity index (χ0v) is 13.1. The van der Waals surface area contributed by atoms with Crippen molar-refractivity contribution in [1.29, 1.82) is 0 Å². The van der Waals surface area contributed by atoms with Crippen molar-refractivity contribution in [2.24, 2.45) is 5.41 Å². The first-order valence-electron chi connectivity index (χ1n) is 7.82. The fourth-order valence-electron chi connectivity index (χ4n) is 3.29. The molecular weight excluding hydrogens is 246 g/mol. The second-order valence-corrected chi connectivity index (χ2v) is 6.75. The quantitative estimate of drug-likeness (QED) is 0.810. The van der Waals surface area contributed by atoms with E-state index in [1.807, 2.05) is 30.1 Å². The summed E-state index contributed by atoms with van der Waals surface area (Å²) in [4.78, 5) is 14.8. The van der Waals surface area contributed by atoms with Crippen molar-refractivity contribution in [1.82, 2.24) is 4.90 Å². The van der Waals surface area contributed by atoms with Gasteiger partial charge in [-0.25, -0.2) is 0 Å². The molecule has 2 rings (SSSR count). The molecule has 0 aliphatic heterocycles. The van der Waals surface area contributed by atoms with E-state index < -0.39 is 0 Å². The van der Waals surface area contributed by atoms with E-state index in [1.54, 1.807) is 0 Å². The van der Waals surface area contributed by atoms with Gasteiger partial charge in [0.2, 0.25) is 5.91 Å². The van der Waals surface area contributed by atoms with Crippen LogP contribution in [0.25, 0.3) is 0 Å². The van der Waals surface area contributed by atoms with Crippen LogP contribution in [0.15, 0.2) is 30.3 Å². The number of amides is 1. The third-order valence-corrected chi connectivity index (χ3v) is 4.51. The lowest BCUT2D eigenvalue weighted by atomic mass is 9.83. The van der Waals surface area contributed by atoms with Crippen molar-refractivity contribution >= 4 is 5.91 Å². The van der Waals surface area contributed by atoms with E-state index in [0.29, 0.717) is 6.04 Å². The van der Waals surface area contributed by atoms with Gasteiger partial charge in [-0.3, -0.25) is 4.79 Å². The maximum absolute atomic E-state index is 12.8. The zero-order valence-electron chi connectivity index (χ0n) is 13.1. The van der Waals surface area contributed by atoms with Gasteiger partial charge in [-0.15, -0.1) is 0 Å². The fourth-order valence-corrected chi connectivity index (χ4v) is 3.29. The van der Waals surface area contributed by atoms with Gasteiger partial charge < -0.3 is 4.90 Å². The number of carbonyl (C=O) groups excluding carboxylic acids is 1. The molecule has 0 unspecified atom stereocenters. The van der Waals surface area contributed by atoms with E-state index >= 15 is 0 Å². The van der Waals surface area contributed by atoms with Crippen LogP contribution in [0, 0.1) is 5.41 Å². The van der Waals surface area contributed by atoms with Gasteiger partial charge in [0.05, 0.1) is 0 Å². The molecule has 1 aliphatic rings. The molecule has 1 amide bonds. The van der Waals surface area contributed by atoms with Gasteiger partial charge in [0.25, 0.3) is 0 Å². The first-order chi connectivity index (χ1) is 9.50. The Hall–Kier alpha value is -1.31. The number of carbonyl (C=O) groups is 1. The van der Waals surface area contributed by atoms with Crippen molar-refractivity contribution in [3.63, 3.8) is 0 Å². The molecule has 110 valence electrons. The van der Waals surface area contributed by atoms with Crippen LogP contribution in [0.1, 0.15) is 51.5 Å². The highest BCUT2D eigenvalue weighted by Gasteiger charge is 2.33. The lowest BCUT2D eigenvalue weighted by Crippen LogP contribution is -2.45. The number of rotatable bonds is 4. The summed E-state index contributed by atoms with van der Waals surface area (Å²) in [6, 6.07) is 10.8. The number of nitrogens with zero attached hydrogens (tertiary/aromatic N) is 1. The lowest BCUT2D eigenvalue weighted by molar-refractivity contribution is -0.141. The largest absolute Gasteiger partial charge is 0.342 e. The molecule has 0 aromatic heterocycles. The summed E-state index contributed by atoms with van der Waals surface area (Å²) in [5, 5.41) is 0. The Balaban J connectivity index is 2.02. The average molecular weight is 273 g/mol. The van der Waals surface area contributed by atoms with Gasteiger partial charge in [-0.1, -0.05) is 63.4 Å². The standard InChI is InChI=1S/C18H27NO/c1-18(2,14-15-10-6-4-7-11-15)17(20)19(3)16-12-8-5-9-13-16/h4,6-7,10-11,16H,5,8-9,12-14H2,1-3H3. The van der Waals surface area contributed by atoms with Crippen LogP contribution in [0.4, 0.5) is 0 Å². The van der Waals surface area contributed by atoms with Crippen LogP contribution in [0.5, 0.6) is 0 Å². The van der Waals surface area contributed by atoms with Crippen LogP contribution in [0.2, 0.25) is 0 Å². The highest BCUT2D eigenvalue weighted by Crippen LogP contribution is 2.28. The Kier molecular flexibility index (Phi) is 4.85.